The summed E-state index contributed by atoms with van der Waals surface area (Å²) in [5.74, 6) is -0.100. The lowest BCUT2D eigenvalue weighted by Gasteiger charge is -2.27. The predicted molar refractivity (Wildman–Crippen MR) is 108 cm³/mol. The van der Waals surface area contributed by atoms with Crippen molar-refractivity contribution in [2.45, 2.75) is 38.3 Å². The zero-order chi connectivity index (χ0) is 19.3. The Morgan fingerprint density at radius 2 is 1.79 bits per heavy atom. The van der Waals surface area contributed by atoms with E-state index >= 15 is 0 Å². The summed E-state index contributed by atoms with van der Waals surface area (Å²) >= 11 is 0. The molecule has 28 heavy (non-hydrogen) atoms. The van der Waals surface area contributed by atoms with Crippen LogP contribution in [0, 0.1) is 5.82 Å². The molecule has 2 aromatic carbocycles. The van der Waals surface area contributed by atoms with E-state index in [0.29, 0.717) is 6.54 Å². The molecule has 0 bridgehead atoms. The van der Waals surface area contributed by atoms with Gasteiger partial charge in [-0.2, -0.15) is 0 Å². The summed E-state index contributed by atoms with van der Waals surface area (Å²) < 4.78 is 15.5. The Labute approximate surface area is 164 Å². The molecular formula is C24H23FN2O. The van der Waals surface area contributed by atoms with Gasteiger partial charge in [-0.25, -0.2) is 4.39 Å². The van der Waals surface area contributed by atoms with Crippen LogP contribution in [0.15, 0.2) is 65.9 Å². The minimum Gasteiger partial charge on any atom is -0.350 e. The first-order valence-corrected chi connectivity index (χ1v) is 9.95. The summed E-state index contributed by atoms with van der Waals surface area (Å²) in [6.07, 6.45) is 6.24. The van der Waals surface area contributed by atoms with Crippen molar-refractivity contribution >= 4 is 16.8 Å². The fraction of sp³-hybridized carbons (Fsp3) is 0.292. The maximum atomic E-state index is 13.3. The Morgan fingerprint density at radius 3 is 2.61 bits per heavy atom. The summed E-state index contributed by atoms with van der Waals surface area (Å²) in [6, 6.07) is 14.8. The number of halogens is 1. The van der Waals surface area contributed by atoms with Gasteiger partial charge in [-0.1, -0.05) is 30.3 Å². The number of benzene rings is 2. The van der Waals surface area contributed by atoms with Gasteiger partial charge in [0.15, 0.2) is 0 Å². The fourth-order valence-electron chi connectivity index (χ4n) is 4.85. The van der Waals surface area contributed by atoms with Crippen molar-refractivity contribution in [3.63, 3.8) is 0 Å². The first-order valence-electron chi connectivity index (χ1n) is 9.95. The van der Waals surface area contributed by atoms with Crippen molar-refractivity contribution in [2.24, 2.45) is 7.05 Å². The van der Waals surface area contributed by atoms with Crippen molar-refractivity contribution in [1.29, 1.82) is 0 Å². The van der Waals surface area contributed by atoms with Gasteiger partial charge in [-0.3, -0.25) is 4.79 Å². The fourth-order valence-corrected chi connectivity index (χ4v) is 4.85. The Balaban J connectivity index is 1.63. The molecule has 0 saturated carbocycles. The number of aryl methyl sites for hydroxylation is 1. The second kappa shape index (κ2) is 6.62. The summed E-state index contributed by atoms with van der Waals surface area (Å²) in [7, 11) is 2.06. The van der Waals surface area contributed by atoms with Crippen LogP contribution in [0.5, 0.6) is 0 Å². The van der Waals surface area contributed by atoms with Crippen LogP contribution < -0.4 is 0 Å². The van der Waals surface area contributed by atoms with Gasteiger partial charge in [-0.15, -0.1) is 0 Å². The number of carbonyl (C=O) groups is 1. The van der Waals surface area contributed by atoms with Crippen LogP contribution in [0.3, 0.4) is 0 Å². The number of hydrogen-bond donors (Lipinski definition) is 0. The second-order valence-electron chi connectivity index (χ2n) is 7.89. The van der Waals surface area contributed by atoms with Crippen LogP contribution in [0.1, 0.15) is 42.9 Å². The van der Waals surface area contributed by atoms with Gasteiger partial charge in [0.05, 0.1) is 6.04 Å². The maximum Gasteiger partial charge on any atom is 0.250 e. The van der Waals surface area contributed by atoms with Gasteiger partial charge < -0.3 is 9.47 Å². The number of hydrogen-bond acceptors (Lipinski definition) is 1. The van der Waals surface area contributed by atoms with Gasteiger partial charge in [-0.05, 0) is 55.0 Å². The minimum absolute atomic E-state index is 0.0287. The van der Waals surface area contributed by atoms with E-state index < -0.39 is 0 Å². The number of fused-ring (bicyclic) bond motifs is 1. The molecular weight excluding hydrogens is 351 g/mol. The smallest absolute Gasteiger partial charge is 0.250 e. The molecule has 0 N–H and O–H groups in total. The van der Waals surface area contributed by atoms with E-state index in [1.807, 2.05) is 11.0 Å². The maximum absolute atomic E-state index is 13.3. The standard InChI is InChI=1S/C24H23FN2O/c1-26-15-21(18-6-4-5-9-22(18)26)23-19-7-2-3-8-20(19)24(28)27(23)14-16-10-12-17(25)13-11-16/h4-6,9-13,15,23H,2-3,7-8,14H2,1H3. The molecule has 4 heteroatoms. The average molecular weight is 374 g/mol. The minimum atomic E-state index is -0.250. The van der Waals surface area contributed by atoms with Crippen molar-refractivity contribution < 1.29 is 9.18 Å². The zero-order valence-corrected chi connectivity index (χ0v) is 16.0. The van der Waals surface area contributed by atoms with Crippen molar-refractivity contribution in [2.75, 3.05) is 0 Å². The van der Waals surface area contributed by atoms with E-state index in [1.54, 1.807) is 12.1 Å². The first-order chi connectivity index (χ1) is 13.6. The van der Waals surface area contributed by atoms with E-state index in [2.05, 4.69) is 36.0 Å². The van der Waals surface area contributed by atoms with E-state index in [4.69, 9.17) is 0 Å². The molecule has 1 aliphatic carbocycles. The zero-order valence-electron chi connectivity index (χ0n) is 16.0. The van der Waals surface area contributed by atoms with Crippen LogP contribution in [-0.4, -0.2) is 15.4 Å². The third-order valence-corrected chi connectivity index (χ3v) is 6.16. The van der Waals surface area contributed by atoms with Gasteiger partial charge in [0.2, 0.25) is 0 Å². The molecule has 2 heterocycles. The number of para-hydroxylation sites is 1. The monoisotopic (exact) mass is 374 g/mol. The molecule has 5 rings (SSSR count). The van der Waals surface area contributed by atoms with Crippen LogP contribution in [-0.2, 0) is 18.4 Å². The topological polar surface area (TPSA) is 25.2 Å². The highest BCUT2D eigenvalue weighted by Gasteiger charge is 2.41. The number of amides is 1. The molecule has 1 unspecified atom stereocenters. The summed E-state index contributed by atoms with van der Waals surface area (Å²) in [5, 5.41) is 1.20. The van der Waals surface area contributed by atoms with Gasteiger partial charge >= 0.3 is 0 Å². The van der Waals surface area contributed by atoms with Crippen molar-refractivity contribution in [3.05, 3.63) is 82.8 Å². The molecule has 0 radical (unpaired) electrons. The van der Waals surface area contributed by atoms with E-state index in [1.165, 1.54) is 34.2 Å². The molecule has 1 amide bonds. The van der Waals surface area contributed by atoms with E-state index in [9.17, 15) is 9.18 Å². The Kier molecular flexibility index (Phi) is 4.08. The summed E-state index contributed by atoms with van der Waals surface area (Å²) in [5.41, 5.74) is 5.62. The summed E-state index contributed by atoms with van der Waals surface area (Å²) in [6.45, 7) is 0.500. The van der Waals surface area contributed by atoms with Crippen LogP contribution in [0.25, 0.3) is 10.9 Å². The quantitative estimate of drug-likeness (QED) is 0.613. The van der Waals surface area contributed by atoms with Crippen molar-refractivity contribution in [3.8, 4) is 0 Å². The van der Waals surface area contributed by atoms with E-state index in [0.717, 1.165) is 36.8 Å². The number of rotatable bonds is 3. The van der Waals surface area contributed by atoms with Gasteiger partial charge in [0, 0.05) is 41.8 Å². The molecule has 142 valence electrons. The van der Waals surface area contributed by atoms with Crippen LogP contribution in [0.2, 0.25) is 0 Å². The third-order valence-electron chi connectivity index (χ3n) is 6.16. The van der Waals surface area contributed by atoms with Crippen molar-refractivity contribution in [1.82, 2.24) is 9.47 Å². The summed E-state index contributed by atoms with van der Waals surface area (Å²) in [4.78, 5) is 15.3. The van der Waals surface area contributed by atoms with Gasteiger partial charge in [0.25, 0.3) is 5.91 Å². The predicted octanol–water partition coefficient (Wildman–Crippen LogP) is 5.27. The highest BCUT2D eigenvalue weighted by molar-refractivity contribution is 5.99. The Hall–Kier alpha value is -2.88. The van der Waals surface area contributed by atoms with E-state index in [-0.39, 0.29) is 17.8 Å². The normalized spacial score (nSPS) is 19.6. The number of aromatic nitrogens is 1. The van der Waals surface area contributed by atoms with Crippen LogP contribution in [0.4, 0.5) is 4.39 Å². The van der Waals surface area contributed by atoms with Crippen LogP contribution >= 0.6 is 0 Å². The lowest BCUT2D eigenvalue weighted by Crippen LogP contribution is -2.29. The SMILES string of the molecule is Cn1cc(C2C3=C(CCCC3)C(=O)N2Cc2ccc(F)cc2)c2ccccc21. The molecule has 1 aliphatic heterocycles. The highest BCUT2D eigenvalue weighted by atomic mass is 19.1. The first kappa shape index (κ1) is 17.2. The molecule has 1 atom stereocenters. The molecule has 3 nitrogen and oxygen atoms in total. The second-order valence-corrected chi connectivity index (χ2v) is 7.89. The third kappa shape index (κ3) is 2.67. The molecule has 3 aromatic rings. The van der Waals surface area contributed by atoms with Gasteiger partial charge in [0.1, 0.15) is 5.82 Å². The Bertz CT molecular complexity index is 1090. The number of carbonyl (C=O) groups excluding carboxylic acids is 1. The molecule has 2 aliphatic rings. The Morgan fingerprint density at radius 1 is 1.04 bits per heavy atom. The average Bonchev–Trinajstić information content (AvgIpc) is 3.19. The lowest BCUT2D eigenvalue weighted by molar-refractivity contribution is -0.127. The molecule has 0 fully saturated rings. The number of nitrogens with zero attached hydrogens (tertiary/aromatic N) is 2. The largest absolute Gasteiger partial charge is 0.350 e. The molecule has 0 spiro atoms. The molecule has 0 saturated heterocycles. The highest BCUT2D eigenvalue weighted by Crippen LogP contribution is 2.47. The lowest BCUT2D eigenvalue weighted by atomic mass is 9.87. The molecule has 1 aromatic heterocycles.